The average molecular weight is 1610 g/mol. The number of aliphatic hydroxyl groups excluding tert-OH is 1. The van der Waals surface area contributed by atoms with Crippen LogP contribution in [0.5, 0.6) is 5.75 Å². The number of allylic oxidation sites excluding steroid dienone is 1. The van der Waals surface area contributed by atoms with Crippen molar-refractivity contribution in [3.05, 3.63) is 112 Å². The molecule has 41 heteroatoms. The van der Waals surface area contributed by atoms with Gasteiger partial charge >= 0.3 is 17.9 Å². The molecule has 13 rings (SSSR count). The lowest BCUT2D eigenvalue weighted by molar-refractivity contribution is -0.280. The Balaban J connectivity index is 0.925. The molecule has 2 saturated heterocycles. The van der Waals surface area contributed by atoms with E-state index < -0.39 is 145 Å². The van der Waals surface area contributed by atoms with Crippen LogP contribution in [0, 0.1) is 0 Å². The summed E-state index contributed by atoms with van der Waals surface area (Å²) in [6, 6.07) is -0.590. The van der Waals surface area contributed by atoms with Crippen molar-refractivity contribution in [2.45, 2.75) is 121 Å². The molecule has 0 aliphatic carbocycles. The van der Waals surface area contributed by atoms with Crippen LogP contribution in [0.2, 0.25) is 0 Å². The number of hydrogen-bond donors (Lipinski definition) is 10. The van der Waals surface area contributed by atoms with Gasteiger partial charge in [0.2, 0.25) is 11.8 Å². The first-order valence-electron chi connectivity index (χ1n) is 34.5. The molecule has 11 atom stereocenters. The number of fused-ring (bicyclic) bond motifs is 15. The zero-order valence-electron chi connectivity index (χ0n) is 60.2. The van der Waals surface area contributed by atoms with Crippen molar-refractivity contribution >= 4 is 127 Å². The van der Waals surface area contributed by atoms with Crippen molar-refractivity contribution in [2.24, 2.45) is 5.73 Å². The molecule has 8 aromatic rings. The molecule has 12 heterocycles. The number of piperazine rings is 1. The van der Waals surface area contributed by atoms with Crippen molar-refractivity contribution in [1.29, 1.82) is 0 Å². The topological polar surface area (TPSA) is 477 Å². The van der Waals surface area contributed by atoms with Gasteiger partial charge in [-0.15, -0.1) is 56.7 Å². The van der Waals surface area contributed by atoms with E-state index in [4.69, 9.17) is 53.8 Å². The van der Waals surface area contributed by atoms with Gasteiger partial charge in [0.05, 0.1) is 56.2 Å². The second-order valence-electron chi connectivity index (χ2n) is 26.8. The maximum absolute atomic E-state index is 15.3. The number of thiazole rings is 5. The van der Waals surface area contributed by atoms with Crippen LogP contribution in [0.15, 0.2) is 56.9 Å². The van der Waals surface area contributed by atoms with Crippen LogP contribution in [-0.4, -0.2) is 251 Å². The molecule has 11 N–H and O–H groups in total. The molecule has 5 aliphatic rings. The minimum atomic E-state index is -1.93. The lowest BCUT2D eigenvalue weighted by Gasteiger charge is -2.48. The molecule has 0 saturated carbocycles. The highest BCUT2D eigenvalue weighted by Gasteiger charge is 2.50. The predicted octanol–water partition coefficient (Wildman–Crippen LogP) is 2.93. The number of aromatic nitrogens is 7. The Kier molecular flexibility index (Phi) is 23.2. The lowest BCUT2D eigenvalue weighted by Crippen LogP contribution is -2.62. The van der Waals surface area contributed by atoms with Crippen LogP contribution >= 0.6 is 56.7 Å². The summed E-state index contributed by atoms with van der Waals surface area (Å²) < 4.78 is 43.4. The Morgan fingerprint density at radius 2 is 1.49 bits per heavy atom. The average Bonchev–Trinajstić information content (AvgIpc) is 1.55. The van der Waals surface area contributed by atoms with Crippen LogP contribution < -0.4 is 32.3 Å². The summed E-state index contributed by atoms with van der Waals surface area (Å²) in [5, 5.41) is 68.3. The molecule has 1 unspecified atom stereocenters. The molecule has 36 nitrogen and oxygen atoms in total. The van der Waals surface area contributed by atoms with Crippen molar-refractivity contribution in [2.75, 3.05) is 73.7 Å². The fourth-order valence-electron chi connectivity index (χ4n) is 13.7. The minimum Gasteiger partial charge on any atom is -0.506 e. The Morgan fingerprint density at radius 1 is 0.827 bits per heavy atom. The quantitative estimate of drug-likeness (QED) is 0.0324. The fraction of sp³-hybridized carbons (Fsp3) is 0.435. The van der Waals surface area contributed by atoms with Crippen molar-refractivity contribution in [3.63, 3.8) is 0 Å². The number of methoxy groups -OCH3 is 1. The minimum absolute atomic E-state index is 0.00380. The Hall–Kier alpha value is -9.89. The number of carbonyl (C=O) groups is 9. The van der Waals surface area contributed by atoms with E-state index >= 15 is 19.2 Å². The molecule has 0 radical (unpaired) electrons. The van der Waals surface area contributed by atoms with E-state index in [1.54, 1.807) is 51.9 Å². The summed E-state index contributed by atoms with van der Waals surface area (Å²) in [5.41, 5.74) is 2.92. The monoisotopic (exact) mass is 1610 g/mol. The Morgan fingerprint density at radius 3 is 2.20 bits per heavy atom. The molecule has 12 bridgehead atoms. The van der Waals surface area contributed by atoms with E-state index in [-0.39, 0.29) is 130 Å². The van der Waals surface area contributed by atoms with Gasteiger partial charge in [-0.1, -0.05) is 12.1 Å². The SMILES string of the molecule is CCOC(=O)CN1CCN(CC(NC(=O)c2csc(-c3nc4c(cc3O)-c3nc(cs3)C(=O)N[C@@H]([C@@H](C)O)C(=O)N/C(=C(\C)OC)c3nc(cs3)C(=O)N[C@@H]3c5nc(cs5)C(=O)N[C@@H](COC(=O)c5c6c7c(cccc7n5O)COC(=O)[C@@H](O[C@H]5C[C@](C)(O)[C@H](N(C)C)[C@H](C)O5)[C@H]3OC6)c3nc-4cs3)n2)C(N)=O)CC1. The zero-order valence-corrected chi connectivity index (χ0v) is 64.2. The van der Waals surface area contributed by atoms with Gasteiger partial charge in [-0.3, -0.25) is 43.4 Å². The van der Waals surface area contributed by atoms with Gasteiger partial charge in [0.15, 0.2) is 18.1 Å². The summed E-state index contributed by atoms with van der Waals surface area (Å²) in [7, 11) is 4.84. The standard InChI is InChI=1S/C69H76N16O20S5/c1-9-100-44(88)20-84-15-13-83(14-16-84)19-35(56(70)89)71-57(90)38-26-109-65(76-38)50-43(87)17-33-49(78-50)37-24-107-63(73-37)36-23-103-67(95)52-34-22-101-53(54(105-45-18-69(5,97)55(82(6)7)31(4)104-45)68(96)102-21-32-11-10-12-42(46(32)34)85(52)98)51(66-77-39(27-110-66)58(91)72-36)81-60(93)41-28-108-64(75-41)48(30(3)99-8)80-61(94)47(29(2)86)79-59(92)40-25-106-62(33)74-40/h10-12,17,24-29,31,35-36,45,47,51,53-55,86-87,97-98H,9,13-16,18-23H2,1-8H3,(H2,70,89)(H,71,90)(H,72,91)(H,79,92)(H,80,94)(H,81,93)/b48-30+/t29-,31+,35?,36+,45+,47+,51+,53+,54+,55-,69+/m1/s1. The van der Waals surface area contributed by atoms with E-state index in [2.05, 4.69) is 41.5 Å². The molecule has 1 aromatic carbocycles. The molecule has 110 heavy (non-hydrogen) atoms. The lowest BCUT2D eigenvalue weighted by atomic mass is 9.85. The van der Waals surface area contributed by atoms with Crippen molar-refractivity contribution in [1.82, 2.24) is 75.9 Å². The van der Waals surface area contributed by atoms with Gasteiger partial charge in [-0.25, -0.2) is 39.5 Å². The first-order chi connectivity index (χ1) is 52.6. The summed E-state index contributed by atoms with van der Waals surface area (Å²) in [5.74, 6) is -8.44. The number of hydrogen-bond acceptors (Lipinski definition) is 34. The second-order valence-corrected chi connectivity index (χ2v) is 31.2. The highest BCUT2D eigenvalue weighted by atomic mass is 32.1. The highest BCUT2D eigenvalue weighted by molar-refractivity contribution is 7.14. The number of esters is 3. The van der Waals surface area contributed by atoms with Crippen molar-refractivity contribution < 1.29 is 96.8 Å². The molecule has 582 valence electrons. The maximum Gasteiger partial charge on any atom is 0.358 e. The number of aliphatic hydroxyl groups is 2. The normalized spacial score (nSPS) is 24.2. The number of likely N-dealkylation sites (N-methyl/N-ethyl adjacent to an activating group) is 1. The molecule has 6 amide bonds. The summed E-state index contributed by atoms with van der Waals surface area (Å²) in [6.07, 6.45) is -7.62. The first kappa shape index (κ1) is 78.2. The highest BCUT2D eigenvalue weighted by Crippen LogP contribution is 2.43. The Bertz CT molecular complexity index is 4940. The largest absolute Gasteiger partial charge is 0.506 e. The van der Waals surface area contributed by atoms with Crippen LogP contribution in [-0.2, 0) is 65.5 Å². The number of carbonyl (C=O) groups excluding carboxylic acids is 9. The fourth-order valence-corrected chi connectivity index (χ4v) is 17.9. The number of nitrogens with one attached hydrogen (secondary N) is 5. The van der Waals surface area contributed by atoms with Crippen molar-refractivity contribution in [3.8, 4) is 38.4 Å². The number of ether oxygens (including phenoxy) is 7. The molecular formula is C69H76N16O20S5. The number of rotatable bonds is 14. The molecular weight excluding hydrogens is 1530 g/mol. The summed E-state index contributed by atoms with van der Waals surface area (Å²) in [4.78, 5) is 163. The number of cyclic esters (lactones) is 2. The number of aromatic hydroxyl groups is 1. The maximum atomic E-state index is 15.3. The third-order valence-electron chi connectivity index (χ3n) is 19.0. The van der Waals surface area contributed by atoms with E-state index in [0.29, 0.717) is 36.5 Å². The number of benzene rings is 1. The third-order valence-corrected chi connectivity index (χ3v) is 23.4. The van der Waals surface area contributed by atoms with Gasteiger partial charge in [-0.05, 0) is 66.4 Å². The van der Waals surface area contributed by atoms with Crippen LogP contribution in [0.25, 0.3) is 49.3 Å². The van der Waals surface area contributed by atoms with Gasteiger partial charge in [0.1, 0.15) is 126 Å². The van der Waals surface area contributed by atoms with Crippen LogP contribution in [0.1, 0.15) is 132 Å². The number of pyridine rings is 1. The van der Waals surface area contributed by atoms with Crippen LogP contribution in [0.4, 0.5) is 0 Å². The Labute approximate surface area is 645 Å². The van der Waals surface area contributed by atoms with E-state index in [1.807, 2.05) is 9.80 Å². The third kappa shape index (κ3) is 16.3. The summed E-state index contributed by atoms with van der Waals surface area (Å²) in [6.45, 7) is 8.16. The van der Waals surface area contributed by atoms with Crippen LogP contribution in [0.3, 0.4) is 0 Å². The summed E-state index contributed by atoms with van der Waals surface area (Å²) >= 11 is 4.48. The molecule has 0 spiro atoms. The van der Waals surface area contributed by atoms with Gasteiger partial charge in [0.25, 0.3) is 23.6 Å². The zero-order chi connectivity index (χ0) is 78.3. The predicted molar refractivity (Wildman–Crippen MR) is 394 cm³/mol. The van der Waals surface area contributed by atoms with E-state index in [1.165, 1.54) is 60.0 Å². The van der Waals surface area contributed by atoms with Gasteiger partial charge in [0, 0.05) is 82.6 Å². The molecule has 5 aliphatic heterocycles. The van der Waals surface area contributed by atoms with E-state index in [0.717, 1.165) is 56.7 Å². The number of nitrogens with two attached hydrogens (primary N) is 1. The van der Waals surface area contributed by atoms with Gasteiger partial charge < -0.3 is 90.9 Å². The molecule has 7 aromatic heterocycles. The second kappa shape index (κ2) is 32.6. The smallest absolute Gasteiger partial charge is 0.358 e. The number of primary amides is 1. The first-order valence-corrected chi connectivity index (χ1v) is 38.9. The van der Waals surface area contributed by atoms with E-state index in [9.17, 15) is 44.5 Å². The number of amides is 6. The van der Waals surface area contributed by atoms with Gasteiger partial charge in [-0.2, -0.15) is 4.73 Å². The number of nitrogens with zero attached hydrogens (tertiary/aromatic N) is 10. The molecule has 2 fully saturated rings.